The number of carbonyl (C=O) groups excluding carboxylic acids is 4. The number of alkyl halides is 2. The van der Waals surface area contributed by atoms with Crippen molar-refractivity contribution in [2.45, 2.75) is 37.8 Å². The highest BCUT2D eigenvalue weighted by molar-refractivity contribution is 6.30. The number of benzene rings is 2. The van der Waals surface area contributed by atoms with E-state index in [1.807, 2.05) is 5.32 Å². The zero-order valence-electron chi connectivity index (χ0n) is 21.2. The summed E-state index contributed by atoms with van der Waals surface area (Å²) >= 11 is 5.69. The van der Waals surface area contributed by atoms with Crippen molar-refractivity contribution in [3.05, 3.63) is 69.7 Å². The highest BCUT2D eigenvalue weighted by atomic mass is 35.5. The van der Waals surface area contributed by atoms with E-state index in [1.165, 1.54) is 12.1 Å². The summed E-state index contributed by atoms with van der Waals surface area (Å²) in [6.07, 6.45) is -3.55. The van der Waals surface area contributed by atoms with E-state index in [4.69, 9.17) is 18.5 Å². The minimum absolute atomic E-state index is 0.0440. The third-order valence-corrected chi connectivity index (χ3v) is 5.15. The molecule has 0 saturated carbocycles. The van der Waals surface area contributed by atoms with Crippen molar-refractivity contribution in [3.63, 3.8) is 0 Å². The van der Waals surface area contributed by atoms with Crippen molar-refractivity contribution in [3.8, 4) is 0 Å². The largest absolute Gasteiger partial charge is 0.349 e. The van der Waals surface area contributed by atoms with Crippen LogP contribution in [0.2, 0.25) is 6.43 Å². The van der Waals surface area contributed by atoms with E-state index in [0.29, 0.717) is 4.90 Å². The van der Waals surface area contributed by atoms with Gasteiger partial charge in [-0.1, -0.05) is 35.9 Å². The van der Waals surface area contributed by atoms with E-state index in [9.17, 15) is 28.0 Å². The fourth-order valence-corrected chi connectivity index (χ4v) is 3.42. The first kappa shape index (κ1) is 16.3. The molecule has 1 fully saturated rings. The van der Waals surface area contributed by atoms with Crippen LogP contribution in [-0.4, -0.2) is 34.5 Å². The smallest absolute Gasteiger partial charge is 0.346 e. The Morgan fingerprint density at radius 2 is 2.03 bits per heavy atom. The van der Waals surface area contributed by atoms with E-state index in [1.54, 1.807) is 0 Å². The van der Waals surface area contributed by atoms with Crippen LogP contribution in [0.4, 0.5) is 8.78 Å². The third kappa shape index (κ3) is 4.08. The summed E-state index contributed by atoms with van der Waals surface area (Å²) in [5.41, 5.74) is -0.760. The van der Waals surface area contributed by atoms with Crippen LogP contribution in [0.3, 0.4) is 0 Å². The lowest BCUT2D eigenvalue weighted by molar-refractivity contribution is -0.147. The molecule has 2 aromatic carbocycles. The molecule has 0 aliphatic carbocycles. The van der Waals surface area contributed by atoms with Gasteiger partial charge in [0.15, 0.2) is 1.41 Å². The van der Waals surface area contributed by atoms with Crippen molar-refractivity contribution in [1.29, 1.82) is 0 Å². The first-order valence-corrected chi connectivity index (χ1v) is 9.67. The zero-order chi connectivity index (χ0) is 27.5. The van der Waals surface area contributed by atoms with E-state index in [-0.39, 0.29) is 27.0 Å². The van der Waals surface area contributed by atoms with Gasteiger partial charge in [-0.3, -0.25) is 24.5 Å². The molecule has 4 rings (SSSR count). The summed E-state index contributed by atoms with van der Waals surface area (Å²) in [6.45, 7) is -2.40. The van der Waals surface area contributed by atoms with Crippen molar-refractivity contribution < 1.29 is 34.9 Å². The molecule has 2 aromatic rings. The molecular formula is C22H18ClF2N3O4. The van der Waals surface area contributed by atoms with Gasteiger partial charge in [0.2, 0.25) is 11.8 Å². The lowest BCUT2D eigenvalue weighted by Gasteiger charge is -2.29. The summed E-state index contributed by atoms with van der Waals surface area (Å²) in [5.74, 6) is -9.25. The van der Waals surface area contributed by atoms with Crippen LogP contribution >= 0.6 is 11.6 Å². The summed E-state index contributed by atoms with van der Waals surface area (Å²) in [5, 5.41) is 1.81. The van der Waals surface area contributed by atoms with Gasteiger partial charge in [-0.15, -0.1) is 0 Å². The van der Waals surface area contributed by atoms with Crippen molar-refractivity contribution >= 4 is 35.2 Å². The number of hydrogen-bond acceptors (Lipinski definition) is 4. The van der Waals surface area contributed by atoms with Gasteiger partial charge in [0.05, 0.1) is 2.74 Å². The SMILES string of the molecule is [2H]C(c1ccc2c(c1)CN(C1([2H])C(=O)NC(=O)CC1([2H])[2H])C2=O)N([2H])C(=O)C(F)(F)c1ccc(Cl)cc1. The molecule has 2 atom stereocenters. The molecular weight excluding hydrogens is 444 g/mol. The fraction of sp³-hybridized carbons (Fsp3) is 0.273. The molecule has 2 unspecified atom stereocenters. The fourth-order valence-electron chi connectivity index (χ4n) is 3.29. The molecule has 32 heavy (non-hydrogen) atoms. The summed E-state index contributed by atoms with van der Waals surface area (Å²) < 4.78 is 70.2. The van der Waals surface area contributed by atoms with Gasteiger partial charge in [0.25, 0.3) is 11.8 Å². The van der Waals surface area contributed by atoms with Gasteiger partial charge in [0, 0.05) is 38.4 Å². The predicted molar refractivity (Wildman–Crippen MR) is 110 cm³/mol. The number of halogens is 3. The zero-order valence-corrected chi connectivity index (χ0v) is 17.0. The number of hydrogen-bond donors (Lipinski definition) is 2. The lowest BCUT2D eigenvalue weighted by atomic mass is 10.0. The maximum Gasteiger partial charge on any atom is 0.349 e. The van der Waals surface area contributed by atoms with Crippen LogP contribution < -0.4 is 10.6 Å². The Kier molecular flexibility index (Phi) is 4.24. The molecule has 2 aliphatic heterocycles. The topological polar surface area (TPSA) is 95.6 Å². The average molecular weight is 467 g/mol. The van der Waals surface area contributed by atoms with E-state index in [0.717, 1.165) is 30.3 Å². The standard InChI is InChI=1S/C22H18ClF2N3O4/c23-15-4-2-14(3-5-15)22(24,25)21(32)26-10-12-1-6-16-13(9-12)11-28(20(16)31)17-7-8-18(29)27-19(17)30/h1-6,9,17H,7-8,10-11H2,(H,26,32)(H,27,29,30)/i7D2,10D,17D/hD. The second kappa shape index (κ2) is 8.31. The highest BCUT2D eigenvalue weighted by Crippen LogP contribution is 2.30. The number of piperidine rings is 1. The van der Waals surface area contributed by atoms with Crippen LogP contribution in [-0.2, 0) is 33.4 Å². The number of rotatable bonds is 5. The Labute approximate surface area is 193 Å². The quantitative estimate of drug-likeness (QED) is 0.662. The maximum absolute atomic E-state index is 14.7. The normalized spacial score (nSPS) is 25.5. The molecule has 0 aromatic heterocycles. The Balaban J connectivity index is 1.59. The molecule has 7 nitrogen and oxygen atoms in total. The molecule has 2 heterocycles. The van der Waals surface area contributed by atoms with E-state index < -0.39 is 67.0 Å². The van der Waals surface area contributed by atoms with Gasteiger partial charge in [0.1, 0.15) is 6.02 Å². The Bertz CT molecular complexity index is 1330. The Hall–Kier alpha value is -3.33. The average Bonchev–Trinajstić information content (AvgIpc) is 3.16. The van der Waals surface area contributed by atoms with Crippen LogP contribution in [0.15, 0.2) is 42.5 Å². The molecule has 1 saturated heterocycles. The summed E-state index contributed by atoms with van der Waals surface area (Å²) in [7, 11) is 0. The molecule has 2 aliphatic rings. The van der Waals surface area contributed by atoms with Gasteiger partial charge < -0.3 is 10.2 Å². The van der Waals surface area contributed by atoms with Crippen molar-refractivity contribution in [2.24, 2.45) is 0 Å². The van der Waals surface area contributed by atoms with Gasteiger partial charge in [-0.2, -0.15) is 8.78 Å². The van der Waals surface area contributed by atoms with Gasteiger partial charge >= 0.3 is 5.92 Å². The number of nitrogens with one attached hydrogen (secondary N) is 2. The number of amides is 4. The minimum Gasteiger partial charge on any atom is -0.346 e. The van der Waals surface area contributed by atoms with Crippen molar-refractivity contribution in [1.82, 2.24) is 15.5 Å². The van der Waals surface area contributed by atoms with Crippen LogP contribution in [0.1, 0.15) is 45.3 Å². The number of nitrogens with zero attached hydrogens (tertiary/aromatic N) is 1. The summed E-state index contributed by atoms with van der Waals surface area (Å²) in [4.78, 5) is 50.1. The van der Waals surface area contributed by atoms with E-state index >= 15 is 0 Å². The predicted octanol–water partition coefficient (Wildman–Crippen LogP) is 2.51. The molecule has 0 bridgehead atoms. The Morgan fingerprint density at radius 3 is 2.72 bits per heavy atom. The van der Waals surface area contributed by atoms with Crippen LogP contribution in [0.5, 0.6) is 0 Å². The number of fused-ring (bicyclic) bond motifs is 1. The third-order valence-electron chi connectivity index (χ3n) is 4.89. The summed E-state index contributed by atoms with van der Waals surface area (Å²) in [6, 6.07) is 4.88. The second-order valence-electron chi connectivity index (χ2n) is 7.03. The molecule has 0 spiro atoms. The van der Waals surface area contributed by atoms with Gasteiger partial charge in [-0.25, -0.2) is 0 Å². The maximum atomic E-state index is 14.7. The molecule has 10 heteroatoms. The molecule has 0 radical (unpaired) electrons. The van der Waals surface area contributed by atoms with Crippen LogP contribution in [0, 0.1) is 0 Å². The highest BCUT2D eigenvalue weighted by Gasteiger charge is 2.41. The lowest BCUT2D eigenvalue weighted by Crippen LogP contribution is -2.52. The second-order valence-corrected chi connectivity index (χ2v) is 7.47. The minimum atomic E-state index is -4.13. The Morgan fingerprint density at radius 1 is 1.31 bits per heavy atom. The first-order chi connectivity index (χ1) is 17.1. The number of imide groups is 1. The van der Waals surface area contributed by atoms with Crippen molar-refractivity contribution in [2.75, 3.05) is 0 Å². The first-order valence-electron chi connectivity index (χ1n) is 11.8. The monoisotopic (exact) mass is 466 g/mol. The van der Waals surface area contributed by atoms with E-state index in [2.05, 4.69) is 0 Å². The molecule has 166 valence electrons. The number of carbonyl (C=O) groups is 4. The van der Waals surface area contributed by atoms with Gasteiger partial charge in [-0.05, 0) is 35.7 Å². The van der Waals surface area contributed by atoms with Crippen LogP contribution in [0.25, 0.3) is 0 Å². The molecule has 2 N–H and O–H groups in total. The molecule has 4 amide bonds.